The topological polar surface area (TPSA) is 12.0 Å². The fourth-order valence-electron chi connectivity index (χ4n) is 2.29. The molecule has 1 unspecified atom stereocenters. The molecule has 2 aromatic rings. The van der Waals surface area contributed by atoms with Gasteiger partial charge in [0.1, 0.15) is 11.6 Å². The lowest BCUT2D eigenvalue weighted by atomic mass is 9.98. The predicted molar refractivity (Wildman–Crippen MR) is 85.2 cm³/mol. The van der Waals surface area contributed by atoms with Crippen LogP contribution in [0, 0.1) is 11.6 Å². The summed E-state index contributed by atoms with van der Waals surface area (Å²) in [5.74, 6) is -0.518. The Labute approximate surface area is 132 Å². The molecule has 0 heterocycles. The van der Waals surface area contributed by atoms with Crippen molar-refractivity contribution in [2.75, 3.05) is 6.54 Å². The van der Waals surface area contributed by atoms with Crippen LogP contribution in [0.3, 0.4) is 0 Å². The maximum atomic E-state index is 13.5. The van der Waals surface area contributed by atoms with Crippen LogP contribution in [0.25, 0.3) is 0 Å². The van der Waals surface area contributed by atoms with E-state index in [1.807, 2.05) is 6.07 Å². The Balaban J connectivity index is 2.27. The third-order valence-electron chi connectivity index (χ3n) is 3.30. The van der Waals surface area contributed by atoms with Gasteiger partial charge in [-0.25, -0.2) is 8.78 Å². The molecule has 0 amide bonds. The van der Waals surface area contributed by atoms with E-state index in [4.69, 9.17) is 0 Å². The van der Waals surface area contributed by atoms with Gasteiger partial charge in [0.2, 0.25) is 0 Å². The first-order valence-electron chi connectivity index (χ1n) is 7.03. The molecule has 0 saturated heterocycles. The van der Waals surface area contributed by atoms with Crippen molar-refractivity contribution in [1.82, 2.24) is 5.32 Å². The minimum Gasteiger partial charge on any atom is -0.310 e. The van der Waals surface area contributed by atoms with Gasteiger partial charge >= 0.3 is 0 Å². The van der Waals surface area contributed by atoms with E-state index >= 15 is 0 Å². The van der Waals surface area contributed by atoms with Crippen molar-refractivity contribution in [3.05, 3.63) is 69.7 Å². The van der Waals surface area contributed by atoms with Gasteiger partial charge in [0.25, 0.3) is 0 Å². The Morgan fingerprint density at radius 2 is 1.86 bits per heavy atom. The first kappa shape index (κ1) is 16.1. The van der Waals surface area contributed by atoms with Crippen molar-refractivity contribution < 1.29 is 8.78 Å². The van der Waals surface area contributed by atoms with Crippen LogP contribution < -0.4 is 5.32 Å². The molecular formula is C17H18BrF2N. The van der Waals surface area contributed by atoms with E-state index in [9.17, 15) is 8.78 Å². The van der Waals surface area contributed by atoms with Crippen molar-refractivity contribution >= 4 is 15.9 Å². The van der Waals surface area contributed by atoms with Crippen LogP contribution in [0.5, 0.6) is 0 Å². The molecule has 0 fully saturated rings. The standard InChI is InChI=1S/C17H18BrF2N/c1-2-8-21-17(10-12-4-3-5-13(19)9-12)15-11-14(20)6-7-16(15)18/h3-7,9,11,17,21H,2,8,10H2,1H3. The zero-order valence-electron chi connectivity index (χ0n) is 11.9. The molecule has 21 heavy (non-hydrogen) atoms. The highest BCUT2D eigenvalue weighted by atomic mass is 79.9. The third kappa shape index (κ3) is 4.61. The summed E-state index contributed by atoms with van der Waals surface area (Å²) in [4.78, 5) is 0. The van der Waals surface area contributed by atoms with E-state index in [-0.39, 0.29) is 17.7 Å². The Morgan fingerprint density at radius 3 is 2.57 bits per heavy atom. The van der Waals surface area contributed by atoms with Crippen LogP contribution >= 0.6 is 15.9 Å². The molecule has 0 bridgehead atoms. The van der Waals surface area contributed by atoms with Crippen LogP contribution in [0.2, 0.25) is 0 Å². The molecule has 112 valence electrons. The molecule has 0 saturated carbocycles. The summed E-state index contributed by atoms with van der Waals surface area (Å²) in [6, 6.07) is 11.1. The van der Waals surface area contributed by atoms with Crippen LogP contribution in [-0.4, -0.2) is 6.54 Å². The van der Waals surface area contributed by atoms with Gasteiger partial charge in [0, 0.05) is 10.5 Å². The molecule has 1 N–H and O–H groups in total. The molecule has 2 rings (SSSR count). The highest BCUT2D eigenvalue weighted by Gasteiger charge is 2.15. The average molecular weight is 354 g/mol. The molecule has 1 atom stereocenters. The second-order valence-electron chi connectivity index (χ2n) is 5.01. The van der Waals surface area contributed by atoms with Crippen molar-refractivity contribution in [1.29, 1.82) is 0 Å². The summed E-state index contributed by atoms with van der Waals surface area (Å²) in [6.07, 6.45) is 1.59. The minimum absolute atomic E-state index is 0.0585. The average Bonchev–Trinajstić information content (AvgIpc) is 2.46. The number of rotatable bonds is 6. The highest BCUT2D eigenvalue weighted by Crippen LogP contribution is 2.27. The van der Waals surface area contributed by atoms with Crippen molar-refractivity contribution in [3.8, 4) is 0 Å². The minimum atomic E-state index is -0.268. The van der Waals surface area contributed by atoms with Gasteiger partial charge in [0.15, 0.2) is 0 Å². The van der Waals surface area contributed by atoms with E-state index in [2.05, 4.69) is 28.2 Å². The number of nitrogens with one attached hydrogen (secondary N) is 1. The van der Waals surface area contributed by atoms with E-state index in [1.165, 1.54) is 24.3 Å². The van der Waals surface area contributed by atoms with Crippen molar-refractivity contribution in [3.63, 3.8) is 0 Å². The van der Waals surface area contributed by atoms with Gasteiger partial charge in [-0.15, -0.1) is 0 Å². The summed E-state index contributed by atoms with van der Waals surface area (Å²) in [5, 5.41) is 3.40. The van der Waals surface area contributed by atoms with Gasteiger partial charge in [-0.3, -0.25) is 0 Å². The molecule has 0 radical (unpaired) electrons. The van der Waals surface area contributed by atoms with Crippen LogP contribution in [0.1, 0.15) is 30.5 Å². The molecule has 0 aliphatic carbocycles. The summed E-state index contributed by atoms with van der Waals surface area (Å²) in [6.45, 7) is 2.90. The maximum Gasteiger partial charge on any atom is 0.123 e. The van der Waals surface area contributed by atoms with Crippen LogP contribution in [0.15, 0.2) is 46.9 Å². The van der Waals surface area contributed by atoms with E-state index < -0.39 is 0 Å². The number of halogens is 3. The van der Waals surface area contributed by atoms with E-state index in [0.717, 1.165) is 28.6 Å². The maximum absolute atomic E-state index is 13.5. The second-order valence-corrected chi connectivity index (χ2v) is 5.86. The summed E-state index contributed by atoms with van der Waals surface area (Å²) < 4.78 is 27.7. The summed E-state index contributed by atoms with van der Waals surface area (Å²) >= 11 is 3.47. The van der Waals surface area contributed by atoms with E-state index in [1.54, 1.807) is 12.1 Å². The Bertz CT molecular complexity index is 601. The molecule has 0 aliphatic rings. The molecule has 1 nitrogen and oxygen atoms in total. The lowest BCUT2D eigenvalue weighted by Gasteiger charge is -2.20. The fourth-order valence-corrected chi connectivity index (χ4v) is 2.81. The quantitative estimate of drug-likeness (QED) is 0.769. The molecule has 0 aromatic heterocycles. The monoisotopic (exact) mass is 353 g/mol. The zero-order valence-corrected chi connectivity index (χ0v) is 13.5. The molecule has 0 spiro atoms. The molecular weight excluding hydrogens is 336 g/mol. The second kappa shape index (κ2) is 7.66. The first-order valence-corrected chi connectivity index (χ1v) is 7.82. The normalized spacial score (nSPS) is 12.4. The Morgan fingerprint density at radius 1 is 1.10 bits per heavy atom. The van der Waals surface area contributed by atoms with Crippen LogP contribution in [0.4, 0.5) is 8.78 Å². The Kier molecular flexibility index (Phi) is 5.88. The summed E-state index contributed by atoms with van der Waals surface area (Å²) in [7, 11) is 0. The molecule has 2 aromatic carbocycles. The first-order chi connectivity index (χ1) is 10.1. The van der Waals surface area contributed by atoms with Gasteiger partial charge < -0.3 is 5.32 Å². The number of benzene rings is 2. The van der Waals surface area contributed by atoms with Crippen molar-refractivity contribution in [2.45, 2.75) is 25.8 Å². The SMILES string of the molecule is CCCNC(Cc1cccc(F)c1)c1cc(F)ccc1Br. The number of hydrogen-bond acceptors (Lipinski definition) is 1. The van der Waals surface area contributed by atoms with Crippen LogP contribution in [-0.2, 0) is 6.42 Å². The highest BCUT2D eigenvalue weighted by molar-refractivity contribution is 9.10. The largest absolute Gasteiger partial charge is 0.310 e. The molecule has 4 heteroatoms. The van der Waals surface area contributed by atoms with Gasteiger partial charge in [-0.05, 0) is 60.8 Å². The fraction of sp³-hybridized carbons (Fsp3) is 0.294. The third-order valence-corrected chi connectivity index (χ3v) is 4.03. The predicted octanol–water partition coefficient (Wildman–Crippen LogP) is 5.01. The molecule has 0 aliphatic heterocycles. The van der Waals surface area contributed by atoms with E-state index in [0.29, 0.717) is 6.42 Å². The van der Waals surface area contributed by atoms with Crippen molar-refractivity contribution in [2.24, 2.45) is 0 Å². The van der Waals surface area contributed by atoms with Gasteiger partial charge in [-0.1, -0.05) is 35.0 Å². The zero-order chi connectivity index (χ0) is 15.2. The smallest absolute Gasteiger partial charge is 0.123 e. The Hall–Kier alpha value is -1.26. The van der Waals surface area contributed by atoms with Gasteiger partial charge in [-0.2, -0.15) is 0 Å². The van der Waals surface area contributed by atoms with Gasteiger partial charge in [0.05, 0.1) is 0 Å². The lowest BCUT2D eigenvalue weighted by Crippen LogP contribution is -2.24. The summed E-state index contributed by atoms with van der Waals surface area (Å²) in [5.41, 5.74) is 1.74. The lowest BCUT2D eigenvalue weighted by molar-refractivity contribution is 0.520. The number of hydrogen-bond donors (Lipinski definition) is 1.